The second-order valence-corrected chi connectivity index (χ2v) is 5.45. The molecule has 3 heteroatoms. The summed E-state index contributed by atoms with van der Waals surface area (Å²) in [5.41, 5.74) is 1.32. The molecule has 0 amide bonds. The number of nitrogens with zero attached hydrogens (tertiary/aromatic N) is 2. The molecule has 0 bridgehead atoms. The van der Waals surface area contributed by atoms with Gasteiger partial charge in [-0.1, -0.05) is 33.6 Å². The molecule has 0 fully saturated rings. The van der Waals surface area contributed by atoms with Crippen molar-refractivity contribution in [2.24, 2.45) is 5.92 Å². The van der Waals surface area contributed by atoms with Gasteiger partial charge in [-0.2, -0.15) is 0 Å². The molecule has 0 aromatic carbocycles. The summed E-state index contributed by atoms with van der Waals surface area (Å²) in [5, 5.41) is 3.46. The number of aromatic nitrogens is 1. The van der Waals surface area contributed by atoms with Crippen molar-refractivity contribution in [3.8, 4) is 0 Å². The fourth-order valence-electron chi connectivity index (χ4n) is 2.54. The molecule has 0 spiro atoms. The monoisotopic (exact) mass is 277 g/mol. The Morgan fingerprint density at radius 2 is 1.90 bits per heavy atom. The molecule has 0 aliphatic heterocycles. The molecule has 0 aliphatic rings. The van der Waals surface area contributed by atoms with Crippen LogP contribution >= 0.6 is 0 Å². The smallest absolute Gasteiger partial charge is 0.128 e. The molecule has 0 saturated heterocycles. The van der Waals surface area contributed by atoms with Crippen LogP contribution in [0.25, 0.3) is 0 Å². The predicted molar refractivity (Wildman–Crippen MR) is 88.3 cm³/mol. The van der Waals surface area contributed by atoms with E-state index in [0.717, 1.165) is 31.4 Å². The first kappa shape index (κ1) is 17.0. The van der Waals surface area contributed by atoms with Gasteiger partial charge in [-0.05, 0) is 44.0 Å². The van der Waals surface area contributed by atoms with Crippen LogP contribution in [0.1, 0.15) is 59.1 Å². The van der Waals surface area contributed by atoms with Gasteiger partial charge in [0.25, 0.3) is 0 Å². The molecule has 1 rings (SSSR count). The van der Waals surface area contributed by atoms with Crippen LogP contribution in [0.15, 0.2) is 18.3 Å². The molecule has 0 aliphatic carbocycles. The average molecular weight is 277 g/mol. The van der Waals surface area contributed by atoms with Gasteiger partial charge in [-0.15, -0.1) is 0 Å². The van der Waals surface area contributed by atoms with Gasteiger partial charge in [-0.3, -0.25) is 0 Å². The Kier molecular flexibility index (Phi) is 7.60. The van der Waals surface area contributed by atoms with Crippen LogP contribution in [-0.2, 0) is 0 Å². The molecule has 1 aromatic rings. The number of pyridine rings is 1. The summed E-state index contributed by atoms with van der Waals surface area (Å²) in [5.74, 6) is 1.87. The van der Waals surface area contributed by atoms with Crippen molar-refractivity contribution in [2.45, 2.75) is 53.5 Å². The van der Waals surface area contributed by atoms with Crippen molar-refractivity contribution >= 4 is 5.82 Å². The third-order valence-corrected chi connectivity index (χ3v) is 4.12. The van der Waals surface area contributed by atoms with E-state index in [9.17, 15) is 0 Å². The molecule has 0 saturated carbocycles. The van der Waals surface area contributed by atoms with Crippen molar-refractivity contribution in [1.82, 2.24) is 10.3 Å². The van der Waals surface area contributed by atoms with Gasteiger partial charge in [0.1, 0.15) is 5.82 Å². The summed E-state index contributed by atoms with van der Waals surface area (Å²) < 4.78 is 0. The molecule has 1 N–H and O–H groups in total. The molecule has 1 aromatic heterocycles. The third-order valence-electron chi connectivity index (χ3n) is 4.12. The Morgan fingerprint density at radius 1 is 1.20 bits per heavy atom. The van der Waals surface area contributed by atoms with Gasteiger partial charge in [0.2, 0.25) is 0 Å². The highest BCUT2D eigenvalue weighted by molar-refractivity contribution is 5.41. The lowest BCUT2D eigenvalue weighted by Crippen LogP contribution is -2.30. The maximum Gasteiger partial charge on any atom is 0.128 e. The normalized spacial score (nSPS) is 12.7. The highest BCUT2D eigenvalue weighted by Crippen LogP contribution is 2.20. The van der Waals surface area contributed by atoms with Crippen molar-refractivity contribution in [3.63, 3.8) is 0 Å². The van der Waals surface area contributed by atoms with Gasteiger partial charge in [0.15, 0.2) is 0 Å². The second-order valence-electron chi connectivity index (χ2n) is 5.45. The summed E-state index contributed by atoms with van der Waals surface area (Å²) in [6.07, 6.45) is 4.41. The minimum absolute atomic E-state index is 0.383. The lowest BCUT2D eigenvalue weighted by Gasteiger charge is -2.27. The highest BCUT2D eigenvalue weighted by atomic mass is 15.2. The molecule has 3 nitrogen and oxygen atoms in total. The fourth-order valence-corrected chi connectivity index (χ4v) is 2.54. The van der Waals surface area contributed by atoms with Crippen LogP contribution < -0.4 is 10.2 Å². The van der Waals surface area contributed by atoms with Crippen molar-refractivity contribution in [3.05, 3.63) is 23.9 Å². The summed E-state index contributed by atoms with van der Waals surface area (Å²) in [4.78, 5) is 6.98. The molecule has 114 valence electrons. The summed E-state index contributed by atoms with van der Waals surface area (Å²) in [6.45, 7) is 14.2. The van der Waals surface area contributed by atoms with E-state index < -0.39 is 0 Å². The van der Waals surface area contributed by atoms with Crippen molar-refractivity contribution in [2.75, 3.05) is 24.5 Å². The van der Waals surface area contributed by atoms with Gasteiger partial charge in [-0.25, -0.2) is 4.98 Å². The van der Waals surface area contributed by atoms with Crippen molar-refractivity contribution in [1.29, 1.82) is 0 Å². The summed E-state index contributed by atoms with van der Waals surface area (Å²) in [6, 6.07) is 4.73. The van der Waals surface area contributed by atoms with E-state index in [-0.39, 0.29) is 0 Å². The maximum absolute atomic E-state index is 4.57. The van der Waals surface area contributed by atoms with Gasteiger partial charge < -0.3 is 10.2 Å². The van der Waals surface area contributed by atoms with E-state index in [0.29, 0.717) is 6.04 Å². The number of nitrogens with one attached hydrogen (secondary N) is 1. The molecular formula is C17H31N3. The van der Waals surface area contributed by atoms with E-state index in [1.54, 1.807) is 0 Å². The van der Waals surface area contributed by atoms with Crippen LogP contribution in [0.4, 0.5) is 5.82 Å². The van der Waals surface area contributed by atoms with Crippen LogP contribution in [-0.4, -0.2) is 24.6 Å². The number of anilines is 1. The zero-order chi connectivity index (χ0) is 15.0. The maximum atomic E-state index is 4.57. The molecular weight excluding hydrogens is 246 g/mol. The van der Waals surface area contributed by atoms with Gasteiger partial charge in [0, 0.05) is 25.3 Å². The minimum Gasteiger partial charge on any atom is -0.357 e. The minimum atomic E-state index is 0.383. The van der Waals surface area contributed by atoms with Crippen LogP contribution in [0.5, 0.6) is 0 Å². The fraction of sp³-hybridized carbons (Fsp3) is 0.706. The average Bonchev–Trinajstić information content (AvgIpc) is 2.49. The quantitative estimate of drug-likeness (QED) is 0.739. The topological polar surface area (TPSA) is 28.2 Å². The van der Waals surface area contributed by atoms with E-state index in [2.05, 4.69) is 62.0 Å². The van der Waals surface area contributed by atoms with E-state index >= 15 is 0 Å². The van der Waals surface area contributed by atoms with Crippen molar-refractivity contribution < 1.29 is 0 Å². The Bertz CT molecular complexity index is 374. The first-order valence-corrected chi connectivity index (χ1v) is 8.10. The van der Waals surface area contributed by atoms with Crippen LogP contribution in [0.2, 0.25) is 0 Å². The largest absolute Gasteiger partial charge is 0.357 e. The first-order valence-electron chi connectivity index (χ1n) is 8.10. The van der Waals surface area contributed by atoms with E-state index in [4.69, 9.17) is 0 Å². The summed E-state index contributed by atoms with van der Waals surface area (Å²) in [7, 11) is 0. The number of rotatable bonds is 9. The Hall–Kier alpha value is -1.09. The number of hydrogen-bond donors (Lipinski definition) is 1. The standard InChI is InChI=1S/C17H31N3/c1-6-15(7-2)13-20(9-4)17-12-16(10-11-19-17)14(5)18-8-3/h10-12,14-15,18H,6-9,13H2,1-5H3. The highest BCUT2D eigenvalue weighted by Gasteiger charge is 2.13. The van der Waals surface area contributed by atoms with E-state index in [1.165, 1.54) is 18.4 Å². The predicted octanol–water partition coefficient (Wildman–Crippen LogP) is 4.01. The summed E-state index contributed by atoms with van der Waals surface area (Å²) >= 11 is 0. The Balaban J connectivity index is 2.84. The number of hydrogen-bond acceptors (Lipinski definition) is 3. The Labute approximate surface area is 124 Å². The van der Waals surface area contributed by atoms with E-state index in [1.807, 2.05) is 6.20 Å². The zero-order valence-corrected chi connectivity index (χ0v) is 13.8. The molecule has 1 atom stereocenters. The second kappa shape index (κ2) is 8.96. The lowest BCUT2D eigenvalue weighted by atomic mass is 10.0. The zero-order valence-electron chi connectivity index (χ0n) is 13.8. The molecule has 1 unspecified atom stereocenters. The Morgan fingerprint density at radius 3 is 2.45 bits per heavy atom. The van der Waals surface area contributed by atoms with Crippen LogP contribution in [0.3, 0.4) is 0 Å². The lowest BCUT2D eigenvalue weighted by molar-refractivity contribution is 0.484. The SMILES string of the molecule is CCNC(C)c1ccnc(N(CC)CC(CC)CC)c1. The molecule has 0 radical (unpaired) electrons. The molecule has 20 heavy (non-hydrogen) atoms. The van der Waals surface area contributed by atoms with Gasteiger partial charge >= 0.3 is 0 Å². The molecule has 1 heterocycles. The third kappa shape index (κ3) is 4.78. The van der Waals surface area contributed by atoms with Crippen LogP contribution in [0, 0.1) is 5.92 Å². The first-order chi connectivity index (χ1) is 9.65. The van der Waals surface area contributed by atoms with Gasteiger partial charge in [0.05, 0.1) is 0 Å².